The van der Waals surface area contributed by atoms with E-state index in [1.165, 1.54) is 6.33 Å². The first-order valence-corrected chi connectivity index (χ1v) is 6.50. The van der Waals surface area contributed by atoms with Crippen molar-refractivity contribution in [3.63, 3.8) is 0 Å². The molecular weight excluding hydrogens is 262 g/mol. The summed E-state index contributed by atoms with van der Waals surface area (Å²) in [4.78, 5) is 12.2. The Kier molecular flexibility index (Phi) is 2.20. The van der Waals surface area contributed by atoms with E-state index in [0.717, 1.165) is 0 Å². The molecule has 8 heteroatoms. The van der Waals surface area contributed by atoms with Gasteiger partial charge in [-0.1, -0.05) is 0 Å². The van der Waals surface area contributed by atoms with Crippen molar-refractivity contribution in [3.8, 4) is 0 Å². The van der Waals surface area contributed by atoms with Crippen molar-refractivity contribution in [1.29, 1.82) is 0 Å². The van der Waals surface area contributed by atoms with Gasteiger partial charge in [-0.15, -0.1) is 0 Å². The van der Waals surface area contributed by atoms with Crippen LogP contribution in [0.1, 0.15) is 12.5 Å². The molecule has 0 aromatic carbocycles. The van der Waals surface area contributed by atoms with Gasteiger partial charge in [0, 0.05) is 5.41 Å². The fourth-order valence-corrected chi connectivity index (χ4v) is 3.64. The minimum absolute atomic E-state index is 0.0195. The molecule has 8 nitrogen and oxygen atoms in total. The van der Waals surface area contributed by atoms with Gasteiger partial charge in [0.15, 0.2) is 11.5 Å². The van der Waals surface area contributed by atoms with Gasteiger partial charge in [0.05, 0.1) is 25.1 Å². The van der Waals surface area contributed by atoms with E-state index < -0.39 is 17.6 Å². The lowest BCUT2D eigenvalue weighted by molar-refractivity contribution is -0.0300. The molecule has 2 aromatic heterocycles. The predicted molar refractivity (Wildman–Crippen MR) is 68.4 cm³/mol. The van der Waals surface area contributed by atoms with Crippen molar-refractivity contribution in [1.82, 2.24) is 19.5 Å². The number of aromatic nitrogens is 4. The second-order valence-electron chi connectivity index (χ2n) is 5.71. The van der Waals surface area contributed by atoms with Gasteiger partial charge >= 0.3 is 0 Å². The topological polar surface area (TPSA) is 130 Å². The van der Waals surface area contributed by atoms with Crippen LogP contribution in [0.2, 0.25) is 0 Å². The average molecular weight is 277 g/mol. The quantitative estimate of drug-likeness (QED) is 0.535. The van der Waals surface area contributed by atoms with Gasteiger partial charge in [-0.25, -0.2) is 15.0 Å². The lowest BCUT2D eigenvalue weighted by Gasteiger charge is -2.23. The third kappa shape index (κ3) is 1.23. The summed E-state index contributed by atoms with van der Waals surface area (Å²) in [6, 6.07) is -0.351. The van der Waals surface area contributed by atoms with Crippen LogP contribution in [0.25, 0.3) is 11.2 Å². The van der Waals surface area contributed by atoms with Gasteiger partial charge < -0.3 is 25.6 Å². The molecule has 0 spiro atoms. The van der Waals surface area contributed by atoms with Crippen LogP contribution in [0.15, 0.2) is 12.7 Å². The standard InChI is InChI=1S/C12H15N5O3/c13-10-6-11(15-3-14-10)17(4-16-6)7-5-1-12(5,2-18)9(20)8(7)19/h3-5,7-9,18-20H,1-2H2,(H2,13,14,15)/t5-,7-,8+,9+,12+/m1/s1. The summed E-state index contributed by atoms with van der Waals surface area (Å²) in [5, 5.41) is 29.9. The first kappa shape index (κ1) is 12.0. The number of hydrogen-bond acceptors (Lipinski definition) is 7. The van der Waals surface area contributed by atoms with E-state index in [-0.39, 0.29) is 24.4 Å². The summed E-state index contributed by atoms with van der Waals surface area (Å²) in [6.07, 6.45) is 1.71. The molecule has 2 fully saturated rings. The van der Waals surface area contributed by atoms with E-state index >= 15 is 0 Å². The molecule has 0 saturated heterocycles. The number of nitrogen functional groups attached to an aromatic ring is 1. The van der Waals surface area contributed by atoms with Crippen molar-refractivity contribution < 1.29 is 15.3 Å². The maximum Gasteiger partial charge on any atom is 0.165 e. The Morgan fingerprint density at radius 1 is 1.35 bits per heavy atom. The molecule has 0 unspecified atom stereocenters. The van der Waals surface area contributed by atoms with Crippen LogP contribution < -0.4 is 5.73 Å². The minimum Gasteiger partial charge on any atom is -0.396 e. The third-order valence-corrected chi connectivity index (χ3v) is 4.86. The van der Waals surface area contributed by atoms with Crippen LogP contribution in [-0.2, 0) is 0 Å². The van der Waals surface area contributed by atoms with Crippen LogP contribution in [0.3, 0.4) is 0 Å². The Morgan fingerprint density at radius 2 is 2.15 bits per heavy atom. The fourth-order valence-electron chi connectivity index (χ4n) is 3.64. The fraction of sp³-hybridized carbons (Fsp3) is 0.583. The highest BCUT2D eigenvalue weighted by atomic mass is 16.3. The number of nitrogens with two attached hydrogens (primary N) is 1. The number of aliphatic hydroxyl groups is 3. The van der Waals surface area contributed by atoms with Gasteiger partial charge in [-0.2, -0.15) is 0 Å². The van der Waals surface area contributed by atoms with Gasteiger partial charge in [-0.3, -0.25) is 0 Å². The predicted octanol–water partition coefficient (Wildman–Crippen LogP) is -1.32. The summed E-state index contributed by atoms with van der Waals surface area (Å²) in [5.74, 6) is 0.303. The van der Waals surface area contributed by atoms with E-state index in [9.17, 15) is 15.3 Å². The molecule has 2 aromatic rings. The van der Waals surface area contributed by atoms with Gasteiger partial charge in [-0.05, 0) is 12.3 Å². The molecule has 0 amide bonds. The lowest BCUT2D eigenvalue weighted by atomic mass is 10.0. The second kappa shape index (κ2) is 3.66. The van der Waals surface area contributed by atoms with E-state index in [1.807, 2.05) is 0 Å². The summed E-state index contributed by atoms with van der Waals surface area (Å²) in [5.41, 5.74) is 6.18. The molecule has 5 N–H and O–H groups in total. The first-order valence-electron chi connectivity index (χ1n) is 6.50. The summed E-state index contributed by atoms with van der Waals surface area (Å²) >= 11 is 0. The molecule has 2 aliphatic carbocycles. The lowest BCUT2D eigenvalue weighted by Crippen LogP contribution is -2.35. The molecule has 4 rings (SSSR count). The van der Waals surface area contributed by atoms with Crippen LogP contribution >= 0.6 is 0 Å². The van der Waals surface area contributed by atoms with Crippen LogP contribution in [0, 0.1) is 11.3 Å². The molecule has 2 saturated carbocycles. The second-order valence-corrected chi connectivity index (χ2v) is 5.71. The largest absolute Gasteiger partial charge is 0.396 e. The molecule has 20 heavy (non-hydrogen) atoms. The van der Waals surface area contributed by atoms with E-state index in [2.05, 4.69) is 15.0 Å². The van der Waals surface area contributed by atoms with Crippen molar-refractivity contribution in [2.45, 2.75) is 24.7 Å². The van der Waals surface area contributed by atoms with Crippen LogP contribution in [0.4, 0.5) is 5.82 Å². The van der Waals surface area contributed by atoms with Crippen molar-refractivity contribution in [3.05, 3.63) is 12.7 Å². The maximum absolute atomic E-state index is 10.3. The number of rotatable bonds is 2. The van der Waals surface area contributed by atoms with Crippen molar-refractivity contribution in [2.24, 2.45) is 11.3 Å². The van der Waals surface area contributed by atoms with Crippen LogP contribution in [0.5, 0.6) is 0 Å². The zero-order chi connectivity index (χ0) is 14.1. The summed E-state index contributed by atoms with van der Waals surface area (Å²) in [7, 11) is 0. The van der Waals surface area contributed by atoms with Gasteiger partial charge in [0.1, 0.15) is 17.9 Å². The smallest absolute Gasteiger partial charge is 0.165 e. The number of anilines is 1. The summed E-state index contributed by atoms with van der Waals surface area (Å²) < 4.78 is 1.73. The molecule has 5 atom stereocenters. The first-order chi connectivity index (χ1) is 9.60. The van der Waals surface area contributed by atoms with E-state index in [1.54, 1.807) is 10.9 Å². The number of nitrogens with zero attached hydrogens (tertiary/aromatic N) is 4. The average Bonchev–Trinajstić information content (AvgIpc) is 2.95. The molecule has 0 radical (unpaired) electrons. The van der Waals surface area contributed by atoms with Crippen molar-refractivity contribution >= 4 is 17.0 Å². The number of fused-ring (bicyclic) bond motifs is 2. The highest BCUT2D eigenvalue weighted by Gasteiger charge is 2.71. The zero-order valence-electron chi connectivity index (χ0n) is 10.6. The Labute approximate surface area is 113 Å². The van der Waals surface area contributed by atoms with E-state index in [4.69, 9.17) is 5.73 Å². The molecule has 106 valence electrons. The normalized spacial score (nSPS) is 39.1. The molecule has 0 bridgehead atoms. The highest BCUT2D eigenvalue weighted by molar-refractivity contribution is 5.81. The number of imidazole rings is 1. The SMILES string of the molecule is Nc1ncnc2c1ncn2[C@H]1[C@H](O)[C@H](O)[C@]2(CO)C[C@H]12. The highest BCUT2D eigenvalue weighted by Crippen LogP contribution is 2.67. The molecule has 2 heterocycles. The van der Waals surface area contributed by atoms with Crippen molar-refractivity contribution in [2.75, 3.05) is 12.3 Å². The molecule has 0 aliphatic heterocycles. The number of hydrogen-bond donors (Lipinski definition) is 4. The molecular formula is C12H15N5O3. The van der Waals surface area contributed by atoms with Gasteiger partial charge in [0.2, 0.25) is 0 Å². The third-order valence-electron chi connectivity index (χ3n) is 4.86. The Balaban J connectivity index is 1.83. The molecule has 2 aliphatic rings. The minimum atomic E-state index is -0.950. The zero-order valence-corrected chi connectivity index (χ0v) is 10.6. The Morgan fingerprint density at radius 3 is 2.85 bits per heavy atom. The Bertz CT molecular complexity index is 689. The van der Waals surface area contributed by atoms with Crippen LogP contribution in [-0.4, -0.2) is 53.7 Å². The summed E-state index contributed by atoms with van der Waals surface area (Å²) in [6.45, 7) is -0.129. The Hall–Kier alpha value is -1.77. The number of aliphatic hydroxyl groups excluding tert-OH is 3. The maximum atomic E-state index is 10.3. The van der Waals surface area contributed by atoms with Gasteiger partial charge in [0.25, 0.3) is 0 Å². The van der Waals surface area contributed by atoms with E-state index in [0.29, 0.717) is 17.6 Å². The monoisotopic (exact) mass is 277 g/mol.